The lowest BCUT2D eigenvalue weighted by Gasteiger charge is -2.19. The van der Waals surface area contributed by atoms with Crippen molar-refractivity contribution in [2.45, 2.75) is 26.3 Å². The van der Waals surface area contributed by atoms with Crippen LogP contribution in [0.4, 0.5) is 0 Å². The molecule has 0 spiro atoms. The van der Waals surface area contributed by atoms with Gasteiger partial charge in [-0.3, -0.25) is 14.6 Å². The molecule has 0 unspecified atom stereocenters. The number of nitrogens with one attached hydrogen (secondary N) is 3. The van der Waals surface area contributed by atoms with E-state index in [9.17, 15) is 9.59 Å². The molecule has 32 heavy (non-hydrogen) atoms. The van der Waals surface area contributed by atoms with Crippen molar-refractivity contribution in [2.24, 2.45) is 0 Å². The lowest BCUT2D eigenvalue weighted by Crippen LogP contribution is -2.31. The average Bonchev–Trinajstić information content (AvgIpc) is 3.10. The van der Waals surface area contributed by atoms with Crippen LogP contribution in [0.15, 0.2) is 53.5 Å². The van der Waals surface area contributed by atoms with Gasteiger partial charge in [0.25, 0.3) is 11.5 Å². The van der Waals surface area contributed by atoms with Crippen molar-refractivity contribution in [3.63, 3.8) is 0 Å². The highest BCUT2D eigenvalue weighted by molar-refractivity contribution is 7.98. The van der Waals surface area contributed by atoms with Gasteiger partial charge in [-0.15, -0.1) is 0 Å². The molecule has 0 aliphatic carbocycles. The second-order valence-corrected chi connectivity index (χ2v) is 8.63. The minimum atomic E-state index is -0.410. The number of rotatable bonds is 7. The summed E-state index contributed by atoms with van der Waals surface area (Å²) in [6, 6.07) is 12.2. The smallest absolute Gasteiger partial charge is 0.253 e. The molecule has 0 aliphatic rings. The molecule has 1 atom stereocenters. The zero-order valence-corrected chi connectivity index (χ0v) is 19.0. The molecule has 0 saturated heterocycles. The third-order valence-electron chi connectivity index (χ3n) is 5.53. The van der Waals surface area contributed by atoms with Crippen LogP contribution < -0.4 is 10.9 Å². The summed E-state index contributed by atoms with van der Waals surface area (Å²) >= 11 is 1.68. The normalized spacial score (nSPS) is 12.1. The Hall–Kier alpha value is -3.39. The number of hydrogen-bond acceptors (Lipinski definition) is 5. The van der Waals surface area contributed by atoms with E-state index in [0.717, 1.165) is 27.9 Å². The second-order valence-electron chi connectivity index (χ2n) is 7.64. The van der Waals surface area contributed by atoms with Crippen LogP contribution in [0, 0.1) is 13.8 Å². The lowest BCUT2D eigenvalue weighted by molar-refractivity contribution is 0.0936. The van der Waals surface area contributed by atoms with Crippen molar-refractivity contribution in [1.82, 2.24) is 25.3 Å². The fourth-order valence-corrected chi connectivity index (χ4v) is 4.19. The molecule has 3 N–H and O–H groups in total. The Morgan fingerprint density at radius 2 is 2.00 bits per heavy atom. The van der Waals surface area contributed by atoms with Gasteiger partial charge in [0, 0.05) is 23.3 Å². The summed E-state index contributed by atoms with van der Waals surface area (Å²) in [6.07, 6.45) is 4.30. The summed E-state index contributed by atoms with van der Waals surface area (Å²) in [5.74, 6) is 0.988. The van der Waals surface area contributed by atoms with Gasteiger partial charge in [-0.25, -0.2) is 4.98 Å². The summed E-state index contributed by atoms with van der Waals surface area (Å²) < 4.78 is 0. The van der Waals surface area contributed by atoms with Gasteiger partial charge in [0.15, 0.2) is 5.82 Å². The van der Waals surface area contributed by atoms with Crippen molar-refractivity contribution in [2.75, 3.05) is 12.0 Å². The van der Waals surface area contributed by atoms with Gasteiger partial charge in [-0.2, -0.15) is 11.8 Å². The molecule has 0 aliphatic heterocycles. The molecule has 0 fully saturated rings. The first-order chi connectivity index (χ1) is 15.5. The van der Waals surface area contributed by atoms with Crippen LogP contribution in [-0.2, 0) is 0 Å². The number of pyridine rings is 1. The Balaban J connectivity index is 1.70. The third-order valence-corrected chi connectivity index (χ3v) is 6.17. The maximum atomic E-state index is 13.3. The number of aryl methyl sites for hydroxylation is 2. The number of carbonyl (C=O) groups excluding carboxylic acids is 1. The summed E-state index contributed by atoms with van der Waals surface area (Å²) in [5, 5.41) is 4.13. The van der Waals surface area contributed by atoms with Crippen LogP contribution in [0.2, 0.25) is 0 Å². The first kappa shape index (κ1) is 21.8. The van der Waals surface area contributed by atoms with E-state index in [0.29, 0.717) is 29.2 Å². The molecule has 0 saturated carbocycles. The molecule has 1 amide bonds. The summed E-state index contributed by atoms with van der Waals surface area (Å²) in [5.41, 5.74) is 4.36. The molecule has 8 heteroatoms. The fraction of sp³-hybridized carbons (Fsp3) is 0.250. The second kappa shape index (κ2) is 9.40. The number of benzene rings is 1. The van der Waals surface area contributed by atoms with Crippen LogP contribution >= 0.6 is 11.8 Å². The molecule has 0 bridgehead atoms. The molecule has 4 aromatic rings. The minimum absolute atomic E-state index is 0.204. The first-order valence-electron chi connectivity index (χ1n) is 10.4. The molecule has 3 heterocycles. The number of H-pyrrole nitrogens is 2. The predicted molar refractivity (Wildman–Crippen MR) is 129 cm³/mol. The van der Waals surface area contributed by atoms with Crippen molar-refractivity contribution < 1.29 is 4.79 Å². The minimum Gasteiger partial charge on any atom is -0.358 e. The van der Waals surface area contributed by atoms with Crippen LogP contribution in [0.5, 0.6) is 0 Å². The van der Waals surface area contributed by atoms with Crippen LogP contribution in [0.1, 0.15) is 39.8 Å². The zero-order chi connectivity index (χ0) is 22.7. The first-order valence-corrected chi connectivity index (χ1v) is 11.8. The summed E-state index contributed by atoms with van der Waals surface area (Å²) in [4.78, 5) is 40.7. The number of nitrogens with zero attached hydrogens (tertiary/aromatic N) is 2. The van der Waals surface area contributed by atoms with Crippen molar-refractivity contribution in [1.29, 1.82) is 0 Å². The molecular formula is C24H25N5O2S. The SMILES string of the molecule is CSCC[C@@H](NC(=O)c1cccc2c(C)c(C)[nH]c12)c1cc(=O)[nH]c(-c2ccccn2)n1. The molecular weight excluding hydrogens is 422 g/mol. The van der Waals surface area contributed by atoms with Gasteiger partial charge in [-0.05, 0) is 56.0 Å². The van der Waals surface area contributed by atoms with Crippen molar-refractivity contribution in [3.05, 3.63) is 81.5 Å². The lowest BCUT2D eigenvalue weighted by atomic mass is 10.1. The van der Waals surface area contributed by atoms with Gasteiger partial charge in [-0.1, -0.05) is 18.2 Å². The van der Waals surface area contributed by atoms with E-state index in [-0.39, 0.29) is 11.5 Å². The van der Waals surface area contributed by atoms with Crippen LogP contribution in [0.25, 0.3) is 22.4 Å². The fourth-order valence-electron chi connectivity index (χ4n) is 3.72. The predicted octanol–water partition coefficient (Wildman–Crippen LogP) is 4.15. The summed E-state index contributed by atoms with van der Waals surface area (Å²) in [7, 11) is 0. The van der Waals surface area contributed by atoms with Gasteiger partial charge in [0.1, 0.15) is 5.69 Å². The number of para-hydroxylation sites is 1. The Morgan fingerprint density at radius 1 is 1.16 bits per heavy atom. The standard InChI is InChI=1S/C24H25N5O2S/c1-14-15(2)26-22-16(14)7-6-8-17(22)24(31)28-18(10-12-32-3)20-13-21(30)29-23(27-20)19-9-4-5-11-25-19/h4-9,11,13,18,26H,10,12H2,1-3H3,(H,28,31)(H,27,29,30)/t18-/m1/s1. The van der Waals surface area contributed by atoms with Gasteiger partial charge in [0.05, 0.1) is 22.8 Å². The summed E-state index contributed by atoms with van der Waals surface area (Å²) in [6.45, 7) is 4.04. The van der Waals surface area contributed by atoms with Crippen LogP contribution in [-0.4, -0.2) is 37.9 Å². The van der Waals surface area contributed by atoms with Crippen molar-refractivity contribution in [3.8, 4) is 11.5 Å². The average molecular weight is 448 g/mol. The topological polar surface area (TPSA) is 104 Å². The Morgan fingerprint density at radius 3 is 2.75 bits per heavy atom. The molecule has 4 rings (SSSR count). The number of thioether (sulfide) groups is 1. The van der Waals surface area contributed by atoms with E-state index in [4.69, 9.17) is 0 Å². The number of carbonyl (C=O) groups is 1. The maximum absolute atomic E-state index is 13.3. The van der Waals surface area contributed by atoms with Gasteiger partial charge < -0.3 is 15.3 Å². The molecule has 7 nitrogen and oxygen atoms in total. The van der Waals surface area contributed by atoms with E-state index < -0.39 is 6.04 Å². The highest BCUT2D eigenvalue weighted by Crippen LogP contribution is 2.25. The molecule has 164 valence electrons. The third kappa shape index (κ3) is 4.45. The largest absolute Gasteiger partial charge is 0.358 e. The quantitative estimate of drug-likeness (QED) is 0.395. The van der Waals surface area contributed by atoms with E-state index in [1.807, 2.05) is 44.4 Å². The zero-order valence-electron chi connectivity index (χ0n) is 18.2. The molecule has 3 aromatic heterocycles. The Labute approximate surface area is 190 Å². The molecule has 0 radical (unpaired) electrons. The Kier molecular flexibility index (Phi) is 6.41. The van der Waals surface area contributed by atoms with E-state index in [1.54, 1.807) is 30.1 Å². The van der Waals surface area contributed by atoms with E-state index in [1.165, 1.54) is 6.07 Å². The highest BCUT2D eigenvalue weighted by Gasteiger charge is 2.21. The number of aromatic amines is 2. The molecule has 1 aromatic carbocycles. The number of hydrogen-bond donors (Lipinski definition) is 3. The van der Waals surface area contributed by atoms with Gasteiger partial charge >= 0.3 is 0 Å². The van der Waals surface area contributed by atoms with Gasteiger partial charge in [0.2, 0.25) is 0 Å². The highest BCUT2D eigenvalue weighted by atomic mass is 32.2. The number of aromatic nitrogens is 4. The monoisotopic (exact) mass is 447 g/mol. The van der Waals surface area contributed by atoms with E-state index in [2.05, 4.69) is 25.3 Å². The van der Waals surface area contributed by atoms with Crippen molar-refractivity contribution >= 4 is 28.6 Å². The number of amides is 1. The number of fused-ring (bicyclic) bond motifs is 1. The van der Waals surface area contributed by atoms with E-state index >= 15 is 0 Å². The maximum Gasteiger partial charge on any atom is 0.253 e. The Bertz CT molecular complexity index is 1310. The van der Waals surface area contributed by atoms with Crippen LogP contribution in [0.3, 0.4) is 0 Å².